The summed E-state index contributed by atoms with van der Waals surface area (Å²) in [5.74, 6) is -0.476. The summed E-state index contributed by atoms with van der Waals surface area (Å²) in [6, 6.07) is 6.08. The number of aryl methyl sites for hydroxylation is 2. The normalized spacial score (nSPS) is 10.3. The lowest BCUT2D eigenvalue weighted by Crippen LogP contribution is -1.98. The van der Waals surface area contributed by atoms with Crippen molar-refractivity contribution < 1.29 is 9.53 Å². The van der Waals surface area contributed by atoms with Crippen LogP contribution in [0.2, 0.25) is 5.15 Å². The second-order valence-electron chi connectivity index (χ2n) is 4.13. The first-order valence-corrected chi connectivity index (χ1v) is 6.79. The molecule has 1 heterocycles. The lowest BCUT2D eigenvalue weighted by molar-refractivity contribution is 0.0606. The monoisotopic (exact) mass is 296 g/mol. The van der Waals surface area contributed by atoms with Gasteiger partial charge < -0.3 is 10.1 Å². The summed E-state index contributed by atoms with van der Waals surface area (Å²) in [7, 11) is 1.31. The van der Waals surface area contributed by atoms with Gasteiger partial charge in [0.25, 0.3) is 0 Å². The van der Waals surface area contributed by atoms with Crippen molar-refractivity contribution in [2.75, 3.05) is 12.4 Å². The Balaban J connectivity index is 2.26. The third-order valence-corrected chi connectivity index (χ3v) is 3.77. The maximum Gasteiger partial charge on any atom is 0.351 e. The largest absolute Gasteiger partial charge is 0.465 e. The molecule has 0 radical (unpaired) electrons. The van der Waals surface area contributed by atoms with Crippen molar-refractivity contribution in [3.8, 4) is 0 Å². The van der Waals surface area contributed by atoms with E-state index in [1.54, 1.807) is 0 Å². The molecule has 100 valence electrons. The summed E-state index contributed by atoms with van der Waals surface area (Å²) < 4.78 is 4.64. The average Bonchev–Trinajstić information content (AvgIpc) is 2.68. The number of hydrogen-bond donors (Lipinski definition) is 1. The average molecular weight is 297 g/mol. The Kier molecular flexibility index (Phi) is 4.07. The molecule has 4 nitrogen and oxygen atoms in total. The fourth-order valence-electron chi connectivity index (χ4n) is 1.74. The van der Waals surface area contributed by atoms with Crippen molar-refractivity contribution in [2.45, 2.75) is 13.8 Å². The van der Waals surface area contributed by atoms with Crippen LogP contribution < -0.4 is 5.32 Å². The standard InChI is InChI=1S/C13H13ClN2O2S/c1-7-4-8(2)6-9(5-7)15-13-16-11(14)10(19-13)12(17)18-3/h4-6H,1-3H3,(H,15,16). The first kappa shape index (κ1) is 13.8. The van der Waals surface area contributed by atoms with Crippen LogP contribution in [0, 0.1) is 13.8 Å². The van der Waals surface area contributed by atoms with Gasteiger partial charge in [-0.15, -0.1) is 0 Å². The Morgan fingerprint density at radius 1 is 1.32 bits per heavy atom. The number of carbonyl (C=O) groups is 1. The van der Waals surface area contributed by atoms with Gasteiger partial charge in [-0.1, -0.05) is 29.0 Å². The number of hydrogen-bond acceptors (Lipinski definition) is 5. The smallest absolute Gasteiger partial charge is 0.351 e. The van der Waals surface area contributed by atoms with Crippen LogP contribution in [0.25, 0.3) is 0 Å². The summed E-state index contributed by atoms with van der Waals surface area (Å²) in [5, 5.41) is 3.86. The highest BCUT2D eigenvalue weighted by Gasteiger charge is 2.17. The Morgan fingerprint density at radius 2 is 1.95 bits per heavy atom. The topological polar surface area (TPSA) is 51.2 Å². The third kappa shape index (κ3) is 3.24. The van der Waals surface area contributed by atoms with Crippen LogP contribution in [0.15, 0.2) is 18.2 Å². The van der Waals surface area contributed by atoms with Gasteiger partial charge in [0.1, 0.15) is 0 Å². The van der Waals surface area contributed by atoms with Crippen molar-refractivity contribution in [1.82, 2.24) is 4.98 Å². The molecule has 0 unspecified atom stereocenters. The Bertz CT molecular complexity index is 605. The Labute approximate surface area is 120 Å². The van der Waals surface area contributed by atoms with E-state index in [9.17, 15) is 4.79 Å². The van der Waals surface area contributed by atoms with Crippen molar-refractivity contribution in [3.63, 3.8) is 0 Å². The molecule has 0 aliphatic heterocycles. The molecule has 19 heavy (non-hydrogen) atoms. The Morgan fingerprint density at radius 3 is 2.53 bits per heavy atom. The minimum Gasteiger partial charge on any atom is -0.465 e. The van der Waals surface area contributed by atoms with Crippen LogP contribution >= 0.6 is 22.9 Å². The SMILES string of the molecule is COC(=O)c1sc(Nc2cc(C)cc(C)c2)nc1Cl. The fourth-order valence-corrected chi connectivity index (χ4v) is 2.87. The third-order valence-electron chi connectivity index (χ3n) is 2.43. The lowest BCUT2D eigenvalue weighted by atomic mass is 10.1. The molecule has 0 saturated heterocycles. The number of anilines is 2. The zero-order valence-electron chi connectivity index (χ0n) is 10.8. The predicted molar refractivity (Wildman–Crippen MR) is 77.7 cm³/mol. The first-order chi connectivity index (χ1) is 8.99. The van der Waals surface area contributed by atoms with Crippen LogP contribution in [0.4, 0.5) is 10.8 Å². The predicted octanol–water partition coefficient (Wildman–Crippen LogP) is 3.94. The van der Waals surface area contributed by atoms with Gasteiger partial charge in [0.2, 0.25) is 0 Å². The highest BCUT2D eigenvalue weighted by molar-refractivity contribution is 7.18. The van der Waals surface area contributed by atoms with Crippen molar-refractivity contribution in [3.05, 3.63) is 39.4 Å². The van der Waals surface area contributed by atoms with Gasteiger partial charge in [-0.2, -0.15) is 0 Å². The zero-order valence-corrected chi connectivity index (χ0v) is 12.4. The minimum absolute atomic E-state index is 0.156. The summed E-state index contributed by atoms with van der Waals surface area (Å²) in [5.41, 5.74) is 3.22. The lowest BCUT2D eigenvalue weighted by Gasteiger charge is -2.05. The Hall–Kier alpha value is -1.59. The molecule has 6 heteroatoms. The van der Waals surface area contributed by atoms with Crippen molar-refractivity contribution >= 4 is 39.7 Å². The molecule has 0 aliphatic carbocycles. The maximum absolute atomic E-state index is 11.4. The summed E-state index contributed by atoms with van der Waals surface area (Å²) in [6.07, 6.45) is 0. The number of esters is 1. The molecule has 0 atom stereocenters. The number of halogens is 1. The maximum atomic E-state index is 11.4. The van der Waals surface area contributed by atoms with Crippen LogP contribution in [-0.4, -0.2) is 18.1 Å². The van der Waals surface area contributed by atoms with Crippen LogP contribution in [-0.2, 0) is 4.74 Å². The number of carbonyl (C=O) groups excluding carboxylic acids is 1. The van der Waals surface area contributed by atoms with E-state index >= 15 is 0 Å². The summed E-state index contributed by atoms with van der Waals surface area (Å²) in [4.78, 5) is 15.9. The quantitative estimate of drug-likeness (QED) is 0.872. The van der Waals surface area contributed by atoms with E-state index in [2.05, 4.69) is 21.1 Å². The van der Waals surface area contributed by atoms with E-state index in [1.807, 2.05) is 26.0 Å². The van der Waals surface area contributed by atoms with Gasteiger partial charge in [0.15, 0.2) is 15.2 Å². The molecule has 1 aromatic heterocycles. The van der Waals surface area contributed by atoms with Gasteiger partial charge in [-0.25, -0.2) is 9.78 Å². The van der Waals surface area contributed by atoms with Crippen LogP contribution in [0.3, 0.4) is 0 Å². The second kappa shape index (κ2) is 5.59. The summed E-state index contributed by atoms with van der Waals surface area (Å²) in [6.45, 7) is 4.04. The van der Waals surface area contributed by atoms with Gasteiger partial charge >= 0.3 is 5.97 Å². The molecular weight excluding hydrogens is 284 g/mol. The number of aromatic nitrogens is 1. The van der Waals surface area contributed by atoms with Crippen molar-refractivity contribution in [1.29, 1.82) is 0 Å². The minimum atomic E-state index is -0.476. The van der Waals surface area contributed by atoms with Gasteiger partial charge in [0, 0.05) is 5.69 Å². The molecule has 2 rings (SSSR count). The van der Waals surface area contributed by atoms with Crippen LogP contribution in [0.5, 0.6) is 0 Å². The van der Waals surface area contributed by atoms with Crippen molar-refractivity contribution in [2.24, 2.45) is 0 Å². The van der Waals surface area contributed by atoms with E-state index in [0.717, 1.165) is 16.8 Å². The first-order valence-electron chi connectivity index (χ1n) is 5.59. The van der Waals surface area contributed by atoms with E-state index in [-0.39, 0.29) is 5.15 Å². The number of nitrogens with zero attached hydrogens (tertiary/aromatic N) is 1. The molecule has 0 fully saturated rings. The number of methoxy groups -OCH3 is 1. The molecule has 0 bridgehead atoms. The molecule has 0 aliphatic rings. The molecule has 1 aromatic carbocycles. The molecule has 2 aromatic rings. The molecule has 0 amide bonds. The van der Waals surface area contributed by atoms with Gasteiger partial charge in [0.05, 0.1) is 7.11 Å². The molecule has 0 spiro atoms. The van der Waals surface area contributed by atoms with E-state index in [1.165, 1.54) is 18.4 Å². The highest BCUT2D eigenvalue weighted by atomic mass is 35.5. The summed E-state index contributed by atoms with van der Waals surface area (Å²) >= 11 is 7.08. The van der Waals surface area contributed by atoms with E-state index < -0.39 is 5.97 Å². The van der Waals surface area contributed by atoms with E-state index in [0.29, 0.717) is 10.0 Å². The fraction of sp³-hybridized carbons (Fsp3) is 0.231. The number of thiazole rings is 1. The zero-order chi connectivity index (χ0) is 14.0. The number of benzene rings is 1. The number of ether oxygens (including phenoxy) is 1. The van der Waals surface area contributed by atoms with Gasteiger partial charge in [-0.3, -0.25) is 0 Å². The molecule has 0 saturated carbocycles. The molecular formula is C13H13ClN2O2S. The highest BCUT2D eigenvalue weighted by Crippen LogP contribution is 2.30. The second-order valence-corrected chi connectivity index (χ2v) is 5.49. The van der Waals surface area contributed by atoms with Crippen LogP contribution in [0.1, 0.15) is 20.8 Å². The van der Waals surface area contributed by atoms with Gasteiger partial charge in [-0.05, 0) is 37.1 Å². The molecule has 1 N–H and O–H groups in total. The number of rotatable bonds is 3. The number of nitrogens with one attached hydrogen (secondary N) is 1. The van der Waals surface area contributed by atoms with E-state index in [4.69, 9.17) is 11.6 Å².